The molecule has 0 bridgehead atoms. The Bertz CT molecular complexity index is 2910. The van der Waals surface area contributed by atoms with E-state index in [2.05, 4.69) is 204 Å². The largest absolute Gasteiger partial charge is 0.341 e. The molecule has 0 radical (unpaired) electrons. The quantitative estimate of drug-likeness (QED) is 0.197. The van der Waals surface area contributed by atoms with E-state index in [9.17, 15) is 0 Å². The van der Waals surface area contributed by atoms with Crippen LogP contribution in [0.3, 0.4) is 0 Å². The molecular formula is C50H49N5. The fourth-order valence-electron chi connectivity index (χ4n) is 7.86. The first-order chi connectivity index (χ1) is 26.1. The van der Waals surface area contributed by atoms with Gasteiger partial charge in [-0.2, -0.15) is 0 Å². The summed E-state index contributed by atoms with van der Waals surface area (Å²) in [5.74, 6) is 1.92. The van der Waals surface area contributed by atoms with E-state index in [4.69, 9.17) is 9.97 Å². The number of nitrogens with one attached hydrogen (secondary N) is 1. The molecule has 0 amide bonds. The molecule has 9 rings (SSSR count). The van der Waals surface area contributed by atoms with Crippen LogP contribution >= 0.6 is 0 Å². The first-order valence-electron chi connectivity index (χ1n) is 19.4. The minimum atomic E-state index is -0.104. The standard InChI is InChI=1S/C50H49N5/c1-48(2,3)34-19-22-40-32(26-34)29-45(51-40)55-43-24-20-35(49(4,5)6)30-39(43)38-21-23-41(52-47(38)55)31-25-33(28-36(27-31)50(7,8)9)46-53-42-17-13-14-18-44(42)54(46)37-15-11-10-12-16-37/h10-30,51H,1-9H3. The number of nitrogens with zero attached hydrogens (tertiary/aromatic N) is 4. The number of para-hydroxylation sites is 3. The zero-order chi connectivity index (χ0) is 38.4. The van der Waals surface area contributed by atoms with Gasteiger partial charge in [0.25, 0.3) is 0 Å². The van der Waals surface area contributed by atoms with Gasteiger partial charge >= 0.3 is 0 Å². The van der Waals surface area contributed by atoms with Crippen LogP contribution in [0, 0.1) is 0 Å². The maximum atomic E-state index is 5.57. The van der Waals surface area contributed by atoms with Gasteiger partial charge in [-0.1, -0.05) is 105 Å². The third-order valence-corrected chi connectivity index (χ3v) is 11.1. The maximum Gasteiger partial charge on any atom is 0.147 e. The Labute approximate surface area is 323 Å². The number of aromatic amines is 1. The first kappa shape index (κ1) is 34.8. The fourth-order valence-corrected chi connectivity index (χ4v) is 7.86. The lowest BCUT2D eigenvalue weighted by atomic mass is 9.84. The van der Waals surface area contributed by atoms with Crippen molar-refractivity contribution in [2.75, 3.05) is 0 Å². The Morgan fingerprint density at radius 2 is 1.16 bits per heavy atom. The lowest BCUT2D eigenvalue weighted by Crippen LogP contribution is -2.12. The number of H-pyrrole nitrogens is 1. The molecule has 0 atom stereocenters. The number of hydrogen-bond acceptors (Lipinski definition) is 2. The molecule has 5 aromatic carbocycles. The van der Waals surface area contributed by atoms with Crippen molar-refractivity contribution in [2.24, 2.45) is 0 Å². The number of imidazole rings is 1. The maximum absolute atomic E-state index is 5.57. The highest BCUT2D eigenvalue weighted by molar-refractivity contribution is 6.09. The van der Waals surface area contributed by atoms with Crippen molar-refractivity contribution in [2.45, 2.75) is 78.6 Å². The second-order valence-electron chi connectivity index (χ2n) is 18.2. The van der Waals surface area contributed by atoms with Crippen molar-refractivity contribution in [3.8, 4) is 34.2 Å². The predicted octanol–water partition coefficient (Wildman–Crippen LogP) is 13.2. The molecule has 5 heteroatoms. The molecule has 0 unspecified atom stereocenters. The van der Waals surface area contributed by atoms with E-state index in [1.807, 2.05) is 0 Å². The summed E-state index contributed by atoms with van der Waals surface area (Å²) in [5, 5.41) is 3.54. The van der Waals surface area contributed by atoms with Crippen molar-refractivity contribution in [1.29, 1.82) is 0 Å². The molecule has 0 saturated carbocycles. The summed E-state index contributed by atoms with van der Waals surface area (Å²) in [6, 6.07) is 46.3. The first-order valence-corrected chi connectivity index (χ1v) is 19.4. The van der Waals surface area contributed by atoms with Crippen LogP contribution in [0.4, 0.5) is 0 Å². The minimum absolute atomic E-state index is 0.0144. The molecule has 9 aromatic rings. The van der Waals surface area contributed by atoms with Gasteiger partial charge in [-0.25, -0.2) is 9.97 Å². The summed E-state index contributed by atoms with van der Waals surface area (Å²) in [7, 11) is 0. The van der Waals surface area contributed by atoms with Gasteiger partial charge < -0.3 is 4.98 Å². The van der Waals surface area contributed by atoms with Crippen LogP contribution in [0.15, 0.2) is 127 Å². The molecule has 0 aliphatic carbocycles. The summed E-state index contributed by atoms with van der Waals surface area (Å²) in [4.78, 5) is 14.6. The summed E-state index contributed by atoms with van der Waals surface area (Å²) < 4.78 is 4.60. The Hall–Kier alpha value is -5.94. The smallest absolute Gasteiger partial charge is 0.147 e. The lowest BCUT2D eigenvalue weighted by molar-refractivity contribution is 0.590. The van der Waals surface area contributed by atoms with E-state index in [1.165, 1.54) is 27.5 Å². The zero-order valence-corrected chi connectivity index (χ0v) is 33.4. The molecule has 5 nitrogen and oxygen atoms in total. The number of fused-ring (bicyclic) bond motifs is 5. The number of rotatable bonds is 4. The van der Waals surface area contributed by atoms with Gasteiger partial charge in [0, 0.05) is 38.5 Å². The molecule has 0 aliphatic rings. The number of hydrogen-bond donors (Lipinski definition) is 1. The van der Waals surface area contributed by atoms with E-state index >= 15 is 0 Å². The average molecular weight is 720 g/mol. The van der Waals surface area contributed by atoms with Crippen molar-refractivity contribution in [3.63, 3.8) is 0 Å². The predicted molar refractivity (Wildman–Crippen MR) is 232 cm³/mol. The van der Waals surface area contributed by atoms with Gasteiger partial charge in [-0.05, 0) is 118 Å². The molecular weight excluding hydrogens is 671 g/mol. The molecule has 4 heterocycles. The van der Waals surface area contributed by atoms with Crippen LogP contribution in [0.2, 0.25) is 0 Å². The summed E-state index contributed by atoms with van der Waals surface area (Å²) in [6.45, 7) is 20.5. The van der Waals surface area contributed by atoms with E-state index in [1.54, 1.807) is 0 Å². The number of aromatic nitrogens is 5. The topological polar surface area (TPSA) is 51.4 Å². The molecule has 0 fully saturated rings. The third-order valence-electron chi connectivity index (χ3n) is 11.1. The van der Waals surface area contributed by atoms with E-state index in [0.29, 0.717) is 0 Å². The van der Waals surface area contributed by atoms with Crippen LogP contribution in [-0.2, 0) is 16.2 Å². The third kappa shape index (κ3) is 6.03. The molecule has 0 spiro atoms. The van der Waals surface area contributed by atoms with Crippen molar-refractivity contribution < 1.29 is 0 Å². The Morgan fingerprint density at radius 3 is 1.91 bits per heavy atom. The van der Waals surface area contributed by atoms with Gasteiger partial charge in [0.2, 0.25) is 0 Å². The van der Waals surface area contributed by atoms with Crippen molar-refractivity contribution in [3.05, 3.63) is 144 Å². The molecule has 0 aliphatic heterocycles. The fraction of sp³-hybridized carbons (Fsp3) is 0.240. The summed E-state index contributed by atoms with van der Waals surface area (Å²) in [6.07, 6.45) is 0. The molecule has 274 valence electrons. The highest BCUT2D eigenvalue weighted by Gasteiger charge is 2.24. The number of benzene rings is 5. The minimum Gasteiger partial charge on any atom is -0.341 e. The lowest BCUT2D eigenvalue weighted by Gasteiger charge is -2.22. The second-order valence-corrected chi connectivity index (χ2v) is 18.2. The van der Waals surface area contributed by atoms with E-state index in [-0.39, 0.29) is 16.2 Å². The van der Waals surface area contributed by atoms with E-state index in [0.717, 1.165) is 67.3 Å². The molecule has 0 saturated heterocycles. The SMILES string of the molecule is CC(C)(C)c1cc(-c2ccc3c4cc(C(C)(C)C)ccc4n(-c4cc5cc(C(C)(C)C)ccc5[nH]4)c3n2)cc(-c2nc3ccccc3n2-c2ccccc2)c1. The Morgan fingerprint density at radius 1 is 0.491 bits per heavy atom. The highest BCUT2D eigenvalue weighted by atomic mass is 15.1. The summed E-state index contributed by atoms with van der Waals surface area (Å²) in [5.41, 5.74) is 13.2. The van der Waals surface area contributed by atoms with Crippen molar-refractivity contribution >= 4 is 43.9 Å². The summed E-state index contributed by atoms with van der Waals surface area (Å²) >= 11 is 0. The van der Waals surface area contributed by atoms with Crippen LogP contribution in [0.25, 0.3) is 78.0 Å². The van der Waals surface area contributed by atoms with Crippen LogP contribution in [-0.4, -0.2) is 24.1 Å². The molecule has 1 N–H and O–H groups in total. The van der Waals surface area contributed by atoms with E-state index < -0.39 is 0 Å². The second kappa shape index (κ2) is 12.3. The van der Waals surface area contributed by atoms with Gasteiger partial charge in [-0.3, -0.25) is 9.13 Å². The van der Waals surface area contributed by atoms with Gasteiger partial charge in [0.1, 0.15) is 17.3 Å². The normalized spacial score (nSPS) is 12.8. The Balaban J connectivity index is 1.29. The monoisotopic (exact) mass is 719 g/mol. The number of pyridine rings is 1. The van der Waals surface area contributed by atoms with Crippen LogP contribution in [0.5, 0.6) is 0 Å². The van der Waals surface area contributed by atoms with Gasteiger partial charge in [0.15, 0.2) is 0 Å². The zero-order valence-electron chi connectivity index (χ0n) is 33.4. The van der Waals surface area contributed by atoms with Gasteiger partial charge in [-0.15, -0.1) is 0 Å². The highest BCUT2D eigenvalue weighted by Crippen LogP contribution is 2.39. The van der Waals surface area contributed by atoms with Crippen LogP contribution < -0.4 is 0 Å². The van der Waals surface area contributed by atoms with Crippen molar-refractivity contribution in [1.82, 2.24) is 24.1 Å². The Kier molecular flexibility index (Phi) is 7.78. The molecule has 55 heavy (non-hydrogen) atoms. The average Bonchev–Trinajstić information content (AvgIpc) is 3.84. The molecule has 4 aromatic heterocycles. The van der Waals surface area contributed by atoms with Gasteiger partial charge in [0.05, 0.1) is 22.2 Å². The van der Waals surface area contributed by atoms with Crippen LogP contribution in [0.1, 0.15) is 79.0 Å².